The Balaban J connectivity index is 1.57. The average molecular weight is 451 g/mol. The molecule has 1 amide bonds. The largest absolute Gasteiger partial charge is 0.354 e. The Morgan fingerprint density at radius 3 is 2.50 bits per heavy atom. The number of aromatic nitrogens is 2. The van der Waals surface area contributed by atoms with Crippen molar-refractivity contribution in [1.82, 2.24) is 9.97 Å². The number of rotatable bonds is 6. The van der Waals surface area contributed by atoms with Crippen molar-refractivity contribution in [2.24, 2.45) is 0 Å². The van der Waals surface area contributed by atoms with E-state index < -0.39 is 4.92 Å². The molecular formula is C26H21N5O3. The average Bonchev–Trinajstić information content (AvgIpc) is 3.50. The van der Waals surface area contributed by atoms with E-state index in [1.54, 1.807) is 12.4 Å². The summed E-state index contributed by atoms with van der Waals surface area (Å²) in [7, 11) is 0. The molecule has 8 nitrogen and oxygen atoms in total. The second-order valence-electron chi connectivity index (χ2n) is 8.02. The molecule has 8 heteroatoms. The topological polar surface area (TPSA) is 113 Å². The monoisotopic (exact) mass is 451 g/mol. The van der Waals surface area contributed by atoms with Gasteiger partial charge < -0.3 is 15.6 Å². The predicted octanol–water partition coefficient (Wildman–Crippen LogP) is 5.40. The number of aromatic amines is 1. The normalized spacial score (nSPS) is 14.8. The lowest BCUT2D eigenvalue weighted by Gasteiger charge is -2.16. The van der Waals surface area contributed by atoms with Gasteiger partial charge in [0.15, 0.2) is 0 Å². The zero-order chi connectivity index (χ0) is 23.7. The third-order valence-electron chi connectivity index (χ3n) is 5.91. The lowest BCUT2D eigenvalue weighted by Crippen LogP contribution is -2.10. The lowest BCUT2D eigenvalue weighted by atomic mass is 9.97. The van der Waals surface area contributed by atoms with Crippen LogP contribution in [0.25, 0.3) is 11.3 Å². The number of hydrogen-bond donors (Lipinski definition) is 3. The number of fused-ring (bicyclic) bond motifs is 1. The summed E-state index contributed by atoms with van der Waals surface area (Å²) in [5, 5.41) is 17.6. The fraction of sp³-hybridized carbons (Fsp3) is 0.0769. The molecule has 3 aromatic carbocycles. The number of amides is 1. The summed E-state index contributed by atoms with van der Waals surface area (Å²) < 4.78 is 0. The van der Waals surface area contributed by atoms with Crippen LogP contribution in [-0.2, 0) is 4.79 Å². The Kier molecular flexibility index (Phi) is 5.39. The third kappa shape index (κ3) is 3.93. The van der Waals surface area contributed by atoms with Crippen LogP contribution >= 0.6 is 0 Å². The summed E-state index contributed by atoms with van der Waals surface area (Å²) >= 11 is 0. The van der Waals surface area contributed by atoms with E-state index in [-0.39, 0.29) is 17.5 Å². The van der Waals surface area contributed by atoms with Crippen molar-refractivity contribution in [2.45, 2.75) is 12.8 Å². The molecule has 5 rings (SSSR count). The van der Waals surface area contributed by atoms with Crippen molar-refractivity contribution in [3.63, 3.8) is 0 Å². The van der Waals surface area contributed by atoms with Crippen LogP contribution in [0.3, 0.4) is 0 Å². The van der Waals surface area contributed by atoms with Gasteiger partial charge in [0.2, 0.25) is 0 Å². The Morgan fingerprint density at radius 1 is 1.06 bits per heavy atom. The first-order chi connectivity index (χ1) is 16.5. The number of non-ortho nitro benzene ring substituents is 1. The molecule has 2 heterocycles. The highest BCUT2D eigenvalue weighted by molar-refractivity contribution is 6.37. The summed E-state index contributed by atoms with van der Waals surface area (Å²) in [6.07, 6.45) is 3.54. The van der Waals surface area contributed by atoms with Gasteiger partial charge in [0.25, 0.3) is 11.6 Å². The van der Waals surface area contributed by atoms with Crippen LogP contribution in [0.15, 0.2) is 85.3 Å². The number of benzene rings is 3. The van der Waals surface area contributed by atoms with Gasteiger partial charge in [-0.15, -0.1) is 0 Å². The zero-order valence-electron chi connectivity index (χ0n) is 18.3. The summed E-state index contributed by atoms with van der Waals surface area (Å²) in [6.45, 7) is 2.09. The Hall–Kier alpha value is -4.72. The van der Waals surface area contributed by atoms with Crippen LogP contribution in [0.1, 0.15) is 35.2 Å². The van der Waals surface area contributed by atoms with Crippen LogP contribution in [0.2, 0.25) is 0 Å². The fourth-order valence-corrected chi connectivity index (χ4v) is 4.08. The molecule has 168 valence electrons. The van der Waals surface area contributed by atoms with Crippen molar-refractivity contribution >= 4 is 34.2 Å². The number of carbonyl (C=O) groups is 1. The van der Waals surface area contributed by atoms with Crippen molar-refractivity contribution in [2.75, 3.05) is 10.6 Å². The number of hydrogen-bond acceptors (Lipinski definition) is 5. The van der Waals surface area contributed by atoms with Gasteiger partial charge in [-0.1, -0.05) is 49.4 Å². The van der Waals surface area contributed by atoms with E-state index in [0.717, 1.165) is 22.5 Å². The Bertz CT molecular complexity index is 1390. The minimum absolute atomic E-state index is 0.0723. The van der Waals surface area contributed by atoms with Gasteiger partial charge in [-0.3, -0.25) is 14.9 Å². The number of nitrogens with one attached hydrogen (secondary N) is 3. The van der Waals surface area contributed by atoms with Crippen molar-refractivity contribution in [3.8, 4) is 0 Å². The van der Waals surface area contributed by atoms with Crippen molar-refractivity contribution in [3.05, 3.63) is 118 Å². The smallest absolute Gasteiger partial charge is 0.270 e. The second kappa shape index (κ2) is 8.67. The molecule has 0 fully saturated rings. The lowest BCUT2D eigenvalue weighted by molar-refractivity contribution is -0.384. The molecule has 34 heavy (non-hydrogen) atoms. The highest BCUT2D eigenvalue weighted by atomic mass is 16.6. The maximum absolute atomic E-state index is 13.0. The quantitative estimate of drug-likeness (QED) is 0.206. The van der Waals surface area contributed by atoms with E-state index in [1.807, 2.05) is 60.8 Å². The number of nitro benzene ring substituents is 1. The van der Waals surface area contributed by atoms with E-state index in [0.29, 0.717) is 22.5 Å². The van der Waals surface area contributed by atoms with E-state index in [9.17, 15) is 14.9 Å². The highest BCUT2D eigenvalue weighted by Crippen LogP contribution is 2.39. The van der Waals surface area contributed by atoms with Crippen LogP contribution in [0, 0.1) is 10.1 Å². The number of nitrogens with zero attached hydrogens (tertiary/aromatic N) is 2. The molecule has 4 aromatic rings. The summed E-state index contributed by atoms with van der Waals surface area (Å²) in [4.78, 5) is 31.2. The first-order valence-corrected chi connectivity index (χ1v) is 10.8. The van der Waals surface area contributed by atoms with Gasteiger partial charge >= 0.3 is 0 Å². The summed E-state index contributed by atoms with van der Waals surface area (Å²) in [6, 6.07) is 21.8. The molecule has 0 bridgehead atoms. The van der Waals surface area contributed by atoms with E-state index in [1.165, 1.54) is 12.1 Å². The molecule has 0 aliphatic carbocycles. The first kappa shape index (κ1) is 21.1. The standard InChI is InChI=1S/C26H21N5O3/c1-16(23-14-27-15-28-23)17-7-9-19(10-8-17)29-25(18-5-3-2-4-6-18)24-21-13-20(31(33)34)11-12-22(21)30-26(24)32/h2-16,29H,1H3,(H,27,28)(H,30,32)/b25-24-. The number of nitro groups is 1. The van der Waals surface area contributed by atoms with Crippen LogP contribution in [0.4, 0.5) is 17.1 Å². The third-order valence-corrected chi connectivity index (χ3v) is 5.91. The number of H-pyrrole nitrogens is 1. The van der Waals surface area contributed by atoms with Gasteiger partial charge in [-0.2, -0.15) is 0 Å². The minimum Gasteiger partial charge on any atom is -0.354 e. The molecule has 3 N–H and O–H groups in total. The maximum Gasteiger partial charge on any atom is 0.270 e. The van der Waals surface area contributed by atoms with Gasteiger partial charge in [0.1, 0.15) is 0 Å². The Morgan fingerprint density at radius 2 is 1.82 bits per heavy atom. The van der Waals surface area contributed by atoms with Gasteiger partial charge in [-0.25, -0.2) is 4.98 Å². The van der Waals surface area contributed by atoms with Crippen molar-refractivity contribution < 1.29 is 9.72 Å². The fourth-order valence-electron chi connectivity index (χ4n) is 4.08. The first-order valence-electron chi connectivity index (χ1n) is 10.8. The van der Waals surface area contributed by atoms with Gasteiger partial charge in [-0.05, 0) is 29.3 Å². The molecule has 0 saturated heterocycles. The van der Waals surface area contributed by atoms with Crippen molar-refractivity contribution in [1.29, 1.82) is 0 Å². The number of carbonyl (C=O) groups excluding carboxylic acids is 1. The van der Waals surface area contributed by atoms with Crippen LogP contribution in [0.5, 0.6) is 0 Å². The highest BCUT2D eigenvalue weighted by Gasteiger charge is 2.30. The number of anilines is 2. The van der Waals surface area contributed by atoms with Gasteiger partial charge in [0, 0.05) is 41.2 Å². The second-order valence-corrected chi connectivity index (χ2v) is 8.02. The van der Waals surface area contributed by atoms with Crippen LogP contribution < -0.4 is 10.6 Å². The van der Waals surface area contributed by atoms with Gasteiger partial charge in [0.05, 0.1) is 28.2 Å². The molecule has 0 radical (unpaired) electrons. The maximum atomic E-state index is 13.0. The minimum atomic E-state index is -0.463. The molecule has 0 spiro atoms. The number of imidazole rings is 1. The van der Waals surface area contributed by atoms with Crippen LogP contribution in [-0.4, -0.2) is 20.8 Å². The molecule has 1 unspecified atom stereocenters. The molecule has 1 aliphatic rings. The molecule has 1 atom stereocenters. The van der Waals surface area contributed by atoms with E-state index in [2.05, 4.69) is 27.5 Å². The predicted molar refractivity (Wildman–Crippen MR) is 131 cm³/mol. The SMILES string of the molecule is CC(c1ccc(N/C(=C2\C(=O)Nc3ccc([N+](=O)[O-])cc32)c2ccccc2)cc1)c1c[nH]cn1. The molecular weight excluding hydrogens is 430 g/mol. The summed E-state index contributed by atoms with van der Waals surface area (Å²) in [5.41, 5.74) is 5.54. The van der Waals surface area contributed by atoms with E-state index in [4.69, 9.17) is 0 Å². The molecule has 0 saturated carbocycles. The van der Waals surface area contributed by atoms with E-state index >= 15 is 0 Å². The Labute approximate surface area is 195 Å². The zero-order valence-corrected chi connectivity index (χ0v) is 18.3. The molecule has 1 aromatic heterocycles. The molecule has 1 aliphatic heterocycles. The summed E-state index contributed by atoms with van der Waals surface area (Å²) in [5.74, 6) is -0.189.